The minimum Gasteiger partial charge on any atom is -0.497 e. The van der Waals surface area contributed by atoms with E-state index in [-0.39, 0.29) is 40.9 Å². The van der Waals surface area contributed by atoms with E-state index >= 15 is 0 Å². The molecule has 38 heavy (non-hydrogen) atoms. The summed E-state index contributed by atoms with van der Waals surface area (Å²) in [6.45, 7) is 7.50. The molecular formula is C28H34N4O4S2. The van der Waals surface area contributed by atoms with Gasteiger partial charge in [0.15, 0.2) is 0 Å². The molecule has 2 aliphatic heterocycles. The van der Waals surface area contributed by atoms with Crippen molar-refractivity contribution in [1.82, 2.24) is 15.1 Å². The Kier molecular flexibility index (Phi) is 7.83. The van der Waals surface area contributed by atoms with Gasteiger partial charge in [0, 0.05) is 29.0 Å². The van der Waals surface area contributed by atoms with E-state index < -0.39 is 0 Å². The third kappa shape index (κ3) is 5.48. The Balaban J connectivity index is 1.62. The number of fused-ring (bicyclic) bond motifs is 1. The average molecular weight is 555 g/mol. The van der Waals surface area contributed by atoms with E-state index in [9.17, 15) is 9.59 Å². The van der Waals surface area contributed by atoms with Crippen molar-refractivity contribution in [3.63, 3.8) is 0 Å². The van der Waals surface area contributed by atoms with Crippen LogP contribution < -0.4 is 15.0 Å². The van der Waals surface area contributed by atoms with Crippen molar-refractivity contribution in [2.24, 2.45) is 0 Å². The highest BCUT2D eigenvalue weighted by Gasteiger charge is 2.40. The second-order valence-electron chi connectivity index (χ2n) is 10.6. The first-order chi connectivity index (χ1) is 18.3. The largest absolute Gasteiger partial charge is 0.497 e. The Morgan fingerprint density at radius 2 is 2.03 bits per heavy atom. The minimum atomic E-state index is -0.293. The summed E-state index contributed by atoms with van der Waals surface area (Å²) in [6.07, 6.45) is 1.98. The van der Waals surface area contributed by atoms with Crippen LogP contribution in [-0.4, -0.2) is 60.3 Å². The van der Waals surface area contributed by atoms with Gasteiger partial charge in [0.2, 0.25) is 11.8 Å². The number of carbonyl (C=O) groups is 2. The molecule has 10 heteroatoms. The number of aromatic nitrogens is 2. The summed E-state index contributed by atoms with van der Waals surface area (Å²) < 4.78 is 12.9. The molecule has 1 aromatic carbocycles. The highest BCUT2D eigenvalue weighted by atomic mass is 32.2. The van der Waals surface area contributed by atoms with Gasteiger partial charge in [-0.3, -0.25) is 14.5 Å². The Morgan fingerprint density at radius 1 is 1.24 bits per heavy atom. The number of hydrogen-bond acceptors (Lipinski definition) is 7. The van der Waals surface area contributed by atoms with E-state index in [0.29, 0.717) is 12.4 Å². The molecule has 0 spiro atoms. The summed E-state index contributed by atoms with van der Waals surface area (Å²) in [4.78, 5) is 29.6. The van der Waals surface area contributed by atoms with Crippen LogP contribution in [0.1, 0.15) is 55.0 Å². The zero-order valence-electron chi connectivity index (χ0n) is 22.2. The first-order valence-corrected chi connectivity index (χ1v) is 14.8. The van der Waals surface area contributed by atoms with Gasteiger partial charge in [-0.1, -0.05) is 26.8 Å². The topological polar surface area (TPSA) is 85.7 Å². The summed E-state index contributed by atoms with van der Waals surface area (Å²) in [7, 11) is 1.63. The first kappa shape index (κ1) is 26.8. The molecule has 0 bridgehead atoms. The lowest BCUT2D eigenvalue weighted by molar-refractivity contribution is -0.123. The second kappa shape index (κ2) is 11.1. The molecule has 5 rings (SSSR count). The summed E-state index contributed by atoms with van der Waals surface area (Å²) >= 11 is 3.27. The number of ether oxygens (including phenoxy) is 2. The SMILES string of the molecule is COc1ccc(-n2nc(C(C)(C)C)c3c2N(CC(=O)NCC2CCCO2)C(=O)CSC3c2cccs2)cc1. The Morgan fingerprint density at radius 3 is 2.66 bits per heavy atom. The van der Waals surface area contributed by atoms with E-state index in [2.05, 4.69) is 37.5 Å². The molecular weight excluding hydrogens is 520 g/mol. The number of benzene rings is 1. The molecule has 1 N–H and O–H groups in total. The van der Waals surface area contributed by atoms with Crippen molar-refractivity contribution in [3.8, 4) is 11.4 Å². The molecule has 2 unspecified atom stereocenters. The van der Waals surface area contributed by atoms with Crippen LogP contribution in [0, 0.1) is 0 Å². The number of amides is 2. The lowest BCUT2D eigenvalue weighted by Crippen LogP contribution is -2.44. The zero-order valence-corrected chi connectivity index (χ0v) is 23.9. The van der Waals surface area contributed by atoms with Crippen LogP contribution in [0.25, 0.3) is 5.69 Å². The molecule has 0 saturated carbocycles. The number of nitrogens with zero attached hydrogens (tertiary/aromatic N) is 3. The van der Waals surface area contributed by atoms with Crippen LogP contribution in [-0.2, 0) is 19.7 Å². The summed E-state index contributed by atoms with van der Waals surface area (Å²) in [5, 5.41) is 10.1. The molecule has 1 saturated heterocycles. The van der Waals surface area contributed by atoms with Crippen molar-refractivity contribution in [1.29, 1.82) is 0 Å². The number of anilines is 1. The number of hydrogen-bond donors (Lipinski definition) is 1. The van der Waals surface area contributed by atoms with Crippen LogP contribution in [0.2, 0.25) is 0 Å². The van der Waals surface area contributed by atoms with Crippen molar-refractivity contribution in [3.05, 3.63) is 57.9 Å². The maximum Gasteiger partial charge on any atom is 0.240 e. The van der Waals surface area contributed by atoms with Gasteiger partial charge >= 0.3 is 0 Å². The highest BCUT2D eigenvalue weighted by molar-refractivity contribution is 8.00. The molecule has 2 aromatic heterocycles. The van der Waals surface area contributed by atoms with Crippen molar-refractivity contribution < 1.29 is 19.1 Å². The van der Waals surface area contributed by atoms with Crippen molar-refractivity contribution in [2.75, 3.05) is 37.5 Å². The van der Waals surface area contributed by atoms with Gasteiger partial charge in [0.05, 0.1) is 35.6 Å². The third-order valence-corrected chi connectivity index (χ3v) is 9.09. The maximum atomic E-state index is 13.7. The fourth-order valence-corrected chi connectivity index (χ4v) is 7.05. The van der Waals surface area contributed by atoms with Gasteiger partial charge in [-0.05, 0) is 48.6 Å². The van der Waals surface area contributed by atoms with Crippen molar-refractivity contribution in [2.45, 2.75) is 50.4 Å². The minimum absolute atomic E-state index is 0.0328. The van der Waals surface area contributed by atoms with Crippen LogP contribution in [0.3, 0.4) is 0 Å². The van der Waals surface area contributed by atoms with Gasteiger partial charge in [-0.15, -0.1) is 23.1 Å². The van der Waals surface area contributed by atoms with Gasteiger partial charge in [0.25, 0.3) is 0 Å². The number of thioether (sulfide) groups is 1. The van der Waals surface area contributed by atoms with E-state index in [1.165, 1.54) is 0 Å². The lowest BCUT2D eigenvalue weighted by atomic mass is 9.88. The molecule has 3 aromatic rings. The zero-order chi connectivity index (χ0) is 26.9. The van der Waals surface area contributed by atoms with Crippen LogP contribution in [0.5, 0.6) is 5.75 Å². The number of carbonyl (C=O) groups excluding carboxylic acids is 2. The number of methoxy groups -OCH3 is 1. The normalized spacial score (nSPS) is 19.8. The quantitative estimate of drug-likeness (QED) is 0.456. The number of nitrogens with one attached hydrogen (secondary N) is 1. The predicted molar refractivity (Wildman–Crippen MR) is 152 cm³/mol. The van der Waals surface area contributed by atoms with E-state index in [1.807, 2.05) is 35.0 Å². The Hall–Kier alpha value is -2.82. The number of thiophene rings is 1. The first-order valence-electron chi connectivity index (χ1n) is 12.9. The monoisotopic (exact) mass is 554 g/mol. The van der Waals surface area contributed by atoms with Gasteiger partial charge < -0.3 is 14.8 Å². The molecule has 2 amide bonds. The molecule has 4 heterocycles. The summed E-state index contributed by atoms with van der Waals surface area (Å²) in [5.41, 5.74) is 2.40. The molecule has 0 aliphatic carbocycles. The van der Waals surface area contributed by atoms with Crippen molar-refractivity contribution >= 4 is 40.7 Å². The molecule has 8 nitrogen and oxygen atoms in total. The van der Waals surface area contributed by atoms with E-state index in [4.69, 9.17) is 14.6 Å². The Bertz CT molecular complexity index is 1280. The Labute approximate surface area is 231 Å². The average Bonchev–Trinajstić information content (AvgIpc) is 3.66. The van der Waals surface area contributed by atoms with Crippen LogP contribution in [0.15, 0.2) is 41.8 Å². The summed E-state index contributed by atoms with van der Waals surface area (Å²) in [6, 6.07) is 11.8. The summed E-state index contributed by atoms with van der Waals surface area (Å²) in [5.74, 6) is 1.33. The van der Waals surface area contributed by atoms with E-state index in [0.717, 1.165) is 47.0 Å². The lowest BCUT2D eigenvalue weighted by Gasteiger charge is -2.24. The van der Waals surface area contributed by atoms with Crippen LogP contribution in [0.4, 0.5) is 5.82 Å². The fourth-order valence-electron chi connectivity index (χ4n) is 4.87. The molecule has 0 radical (unpaired) electrons. The molecule has 2 atom stereocenters. The maximum absolute atomic E-state index is 13.7. The standard InChI is InChI=1S/C28H34N4O4S2/c1-28(2,3)26-24-25(21-8-6-14-37-21)38-17-23(34)31(16-22(33)29-15-20-7-5-13-36-20)27(24)32(30-26)18-9-11-19(35-4)12-10-18/h6,8-12,14,20,25H,5,7,13,15-17H2,1-4H3,(H,29,33). The molecule has 1 fully saturated rings. The van der Waals surface area contributed by atoms with Gasteiger partial charge in [0.1, 0.15) is 18.1 Å². The number of rotatable bonds is 7. The van der Waals surface area contributed by atoms with E-state index in [1.54, 1.807) is 35.1 Å². The molecule has 202 valence electrons. The predicted octanol–water partition coefficient (Wildman–Crippen LogP) is 4.70. The third-order valence-electron chi connectivity index (χ3n) is 6.77. The van der Waals surface area contributed by atoms with Crippen LogP contribution >= 0.6 is 23.1 Å². The second-order valence-corrected chi connectivity index (χ2v) is 12.6. The van der Waals surface area contributed by atoms with Gasteiger partial charge in [-0.25, -0.2) is 4.68 Å². The smallest absolute Gasteiger partial charge is 0.240 e. The highest BCUT2D eigenvalue weighted by Crippen LogP contribution is 2.49. The fraction of sp³-hybridized carbons (Fsp3) is 0.464. The van der Waals surface area contributed by atoms with Gasteiger partial charge in [-0.2, -0.15) is 5.10 Å². The molecule has 2 aliphatic rings.